The molecular formula is C9H18O. The van der Waals surface area contributed by atoms with Gasteiger partial charge in [0.2, 0.25) is 0 Å². The Morgan fingerprint density at radius 1 is 1.60 bits per heavy atom. The average Bonchev–Trinajstić information content (AvgIpc) is 1.99. The summed E-state index contributed by atoms with van der Waals surface area (Å²) in [5.41, 5.74) is 1.29. The largest absolute Gasteiger partial charge is 0.396 e. The molecule has 0 rings (SSSR count). The molecule has 0 spiro atoms. The molecular weight excluding hydrogens is 124 g/mol. The number of allylic oxidation sites excluding steroid dienone is 1. The minimum atomic E-state index is 0.303. The molecule has 0 aromatic rings. The number of aliphatic hydroxyl groups is 1. The van der Waals surface area contributed by atoms with E-state index < -0.39 is 0 Å². The Balaban J connectivity index is 3.26. The van der Waals surface area contributed by atoms with Gasteiger partial charge in [-0.1, -0.05) is 26.0 Å². The maximum absolute atomic E-state index is 8.69. The lowest BCUT2D eigenvalue weighted by Gasteiger charge is -2.07. The van der Waals surface area contributed by atoms with E-state index in [1.54, 1.807) is 0 Å². The third-order valence-electron chi connectivity index (χ3n) is 1.80. The summed E-state index contributed by atoms with van der Waals surface area (Å²) in [5, 5.41) is 8.69. The first-order valence-corrected chi connectivity index (χ1v) is 3.98. The SMILES string of the molecule is C=C(CC)CCC(C)CO. The zero-order chi connectivity index (χ0) is 7.98. The van der Waals surface area contributed by atoms with Crippen LogP contribution in [0.3, 0.4) is 0 Å². The van der Waals surface area contributed by atoms with Crippen LogP contribution in [0.1, 0.15) is 33.1 Å². The zero-order valence-electron chi connectivity index (χ0n) is 7.06. The fourth-order valence-corrected chi connectivity index (χ4v) is 0.719. The van der Waals surface area contributed by atoms with Crippen LogP contribution in [0.15, 0.2) is 12.2 Å². The van der Waals surface area contributed by atoms with Crippen LogP contribution in [0.25, 0.3) is 0 Å². The number of hydrogen-bond donors (Lipinski definition) is 1. The minimum absolute atomic E-state index is 0.303. The second-order valence-electron chi connectivity index (χ2n) is 2.93. The quantitative estimate of drug-likeness (QED) is 0.584. The Labute approximate surface area is 63.8 Å². The number of hydrogen-bond acceptors (Lipinski definition) is 1. The Hall–Kier alpha value is -0.300. The fraction of sp³-hybridized carbons (Fsp3) is 0.778. The third kappa shape index (κ3) is 4.57. The first-order valence-electron chi connectivity index (χ1n) is 3.98. The fourth-order valence-electron chi connectivity index (χ4n) is 0.719. The molecule has 1 N–H and O–H groups in total. The van der Waals surface area contributed by atoms with Crippen molar-refractivity contribution in [1.82, 2.24) is 0 Å². The zero-order valence-corrected chi connectivity index (χ0v) is 7.06. The van der Waals surface area contributed by atoms with Crippen molar-refractivity contribution in [3.05, 3.63) is 12.2 Å². The van der Waals surface area contributed by atoms with Gasteiger partial charge in [0.1, 0.15) is 0 Å². The molecule has 0 aromatic carbocycles. The molecule has 0 amide bonds. The number of aliphatic hydroxyl groups excluding tert-OH is 1. The maximum Gasteiger partial charge on any atom is 0.0456 e. The van der Waals surface area contributed by atoms with Crippen molar-refractivity contribution in [3.63, 3.8) is 0 Å². The molecule has 10 heavy (non-hydrogen) atoms. The van der Waals surface area contributed by atoms with Crippen molar-refractivity contribution >= 4 is 0 Å². The van der Waals surface area contributed by atoms with Crippen molar-refractivity contribution in [3.8, 4) is 0 Å². The standard InChI is InChI=1S/C9H18O/c1-4-8(2)5-6-9(3)7-10/h9-10H,2,4-7H2,1,3H3. The maximum atomic E-state index is 8.69. The van der Waals surface area contributed by atoms with Crippen LogP contribution < -0.4 is 0 Å². The molecule has 0 saturated carbocycles. The van der Waals surface area contributed by atoms with Gasteiger partial charge in [-0.25, -0.2) is 0 Å². The topological polar surface area (TPSA) is 20.2 Å². The van der Waals surface area contributed by atoms with Gasteiger partial charge >= 0.3 is 0 Å². The van der Waals surface area contributed by atoms with E-state index in [4.69, 9.17) is 5.11 Å². The summed E-state index contributed by atoms with van der Waals surface area (Å²) >= 11 is 0. The second kappa shape index (κ2) is 5.48. The second-order valence-corrected chi connectivity index (χ2v) is 2.93. The summed E-state index contributed by atoms with van der Waals surface area (Å²) in [4.78, 5) is 0. The van der Waals surface area contributed by atoms with E-state index in [1.165, 1.54) is 5.57 Å². The predicted molar refractivity (Wildman–Crippen MR) is 44.9 cm³/mol. The van der Waals surface area contributed by atoms with Crippen LogP contribution in [-0.4, -0.2) is 11.7 Å². The Kier molecular flexibility index (Phi) is 5.32. The van der Waals surface area contributed by atoms with Gasteiger partial charge in [0.15, 0.2) is 0 Å². The smallest absolute Gasteiger partial charge is 0.0456 e. The van der Waals surface area contributed by atoms with Gasteiger partial charge in [-0.2, -0.15) is 0 Å². The average molecular weight is 142 g/mol. The van der Waals surface area contributed by atoms with Crippen LogP contribution in [0.5, 0.6) is 0 Å². The molecule has 0 radical (unpaired) electrons. The van der Waals surface area contributed by atoms with E-state index in [0.29, 0.717) is 12.5 Å². The summed E-state index contributed by atoms with van der Waals surface area (Å²) in [5.74, 6) is 0.434. The van der Waals surface area contributed by atoms with Crippen molar-refractivity contribution in [2.24, 2.45) is 5.92 Å². The number of rotatable bonds is 5. The van der Waals surface area contributed by atoms with E-state index in [0.717, 1.165) is 19.3 Å². The van der Waals surface area contributed by atoms with Gasteiger partial charge in [0.25, 0.3) is 0 Å². The lowest BCUT2D eigenvalue weighted by atomic mass is 10.0. The lowest BCUT2D eigenvalue weighted by Crippen LogP contribution is -2.00. The Morgan fingerprint density at radius 2 is 2.20 bits per heavy atom. The van der Waals surface area contributed by atoms with Gasteiger partial charge in [-0.05, 0) is 25.2 Å². The van der Waals surface area contributed by atoms with Crippen LogP contribution in [0.2, 0.25) is 0 Å². The first-order chi connectivity index (χ1) is 4.70. The monoisotopic (exact) mass is 142 g/mol. The van der Waals surface area contributed by atoms with Crippen molar-refractivity contribution in [2.45, 2.75) is 33.1 Å². The highest BCUT2D eigenvalue weighted by Crippen LogP contribution is 2.11. The van der Waals surface area contributed by atoms with Gasteiger partial charge in [-0.3, -0.25) is 0 Å². The molecule has 1 atom stereocenters. The van der Waals surface area contributed by atoms with Crippen LogP contribution in [0.4, 0.5) is 0 Å². The van der Waals surface area contributed by atoms with Crippen LogP contribution in [-0.2, 0) is 0 Å². The van der Waals surface area contributed by atoms with E-state index >= 15 is 0 Å². The van der Waals surface area contributed by atoms with Crippen molar-refractivity contribution in [2.75, 3.05) is 6.61 Å². The van der Waals surface area contributed by atoms with Gasteiger partial charge < -0.3 is 5.11 Å². The first kappa shape index (κ1) is 9.70. The highest BCUT2D eigenvalue weighted by atomic mass is 16.3. The van der Waals surface area contributed by atoms with Crippen molar-refractivity contribution < 1.29 is 5.11 Å². The summed E-state index contributed by atoms with van der Waals surface area (Å²) in [7, 11) is 0. The summed E-state index contributed by atoms with van der Waals surface area (Å²) < 4.78 is 0. The van der Waals surface area contributed by atoms with Gasteiger partial charge in [0, 0.05) is 6.61 Å². The normalized spacial score (nSPS) is 13.1. The van der Waals surface area contributed by atoms with E-state index in [2.05, 4.69) is 20.4 Å². The molecule has 0 aliphatic carbocycles. The predicted octanol–water partition coefficient (Wildman–Crippen LogP) is 2.36. The molecule has 1 unspecified atom stereocenters. The molecule has 1 nitrogen and oxygen atoms in total. The van der Waals surface area contributed by atoms with Crippen molar-refractivity contribution in [1.29, 1.82) is 0 Å². The minimum Gasteiger partial charge on any atom is -0.396 e. The van der Waals surface area contributed by atoms with E-state index in [9.17, 15) is 0 Å². The molecule has 0 aromatic heterocycles. The van der Waals surface area contributed by atoms with E-state index in [1.807, 2.05) is 0 Å². The van der Waals surface area contributed by atoms with Crippen LogP contribution >= 0.6 is 0 Å². The molecule has 0 aliphatic rings. The molecule has 60 valence electrons. The molecule has 0 bridgehead atoms. The summed E-state index contributed by atoms with van der Waals surface area (Å²) in [6.45, 7) is 8.38. The lowest BCUT2D eigenvalue weighted by molar-refractivity contribution is 0.230. The molecule has 0 aliphatic heterocycles. The van der Waals surface area contributed by atoms with Gasteiger partial charge in [-0.15, -0.1) is 0 Å². The van der Waals surface area contributed by atoms with Gasteiger partial charge in [0.05, 0.1) is 0 Å². The third-order valence-corrected chi connectivity index (χ3v) is 1.80. The molecule has 0 saturated heterocycles. The molecule has 0 fully saturated rings. The van der Waals surface area contributed by atoms with E-state index in [-0.39, 0.29) is 0 Å². The summed E-state index contributed by atoms with van der Waals surface area (Å²) in [6, 6.07) is 0. The Bertz CT molecular complexity index is 96.9. The summed E-state index contributed by atoms with van der Waals surface area (Å²) in [6.07, 6.45) is 3.21. The Morgan fingerprint density at radius 3 is 2.60 bits per heavy atom. The highest BCUT2D eigenvalue weighted by molar-refractivity contribution is 4.92. The molecule has 0 heterocycles. The highest BCUT2D eigenvalue weighted by Gasteiger charge is 1.99. The molecule has 1 heteroatoms. The van der Waals surface area contributed by atoms with Crippen LogP contribution in [0, 0.1) is 5.92 Å².